The maximum atomic E-state index is 2.39. The molecule has 0 heteroatoms. The molecule has 1 unspecified atom stereocenters. The first-order valence-electron chi connectivity index (χ1n) is 7.42. The molecule has 0 aliphatic carbocycles. The van der Waals surface area contributed by atoms with Crippen LogP contribution in [-0.4, -0.2) is 0 Å². The molecule has 0 aliphatic heterocycles. The molecule has 2 aromatic rings. The molecule has 1 atom stereocenters. The van der Waals surface area contributed by atoms with Crippen molar-refractivity contribution in [3.8, 4) is 0 Å². The summed E-state index contributed by atoms with van der Waals surface area (Å²) < 4.78 is 0. The van der Waals surface area contributed by atoms with Crippen LogP contribution in [0.3, 0.4) is 0 Å². The van der Waals surface area contributed by atoms with Crippen LogP contribution in [0.2, 0.25) is 0 Å². The van der Waals surface area contributed by atoms with Crippen molar-refractivity contribution >= 4 is 0 Å². The predicted molar refractivity (Wildman–Crippen MR) is 83.4 cm³/mol. The molecule has 0 saturated carbocycles. The summed E-state index contributed by atoms with van der Waals surface area (Å²) in [7, 11) is 0. The molecule has 0 radical (unpaired) electrons. The molecule has 0 N–H and O–H groups in total. The standard InChI is InChI=1S/C19H24/c1-3-4-11-16(2)19(17-12-7-5-8-13-17)18-14-9-6-10-15-18/h5-10,12-16,19H,3-4,11H2,1-2H3. The third kappa shape index (κ3) is 3.70. The molecule has 0 nitrogen and oxygen atoms in total. The van der Waals surface area contributed by atoms with E-state index >= 15 is 0 Å². The van der Waals surface area contributed by atoms with E-state index in [0.717, 1.165) is 0 Å². The Morgan fingerprint density at radius 3 is 1.68 bits per heavy atom. The van der Waals surface area contributed by atoms with Crippen molar-refractivity contribution in [2.24, 2.45) is 5.92 Å². The smallest absolute Gasteiger partial charge is 0.0115 e. The van der Waals surface area contributed by atoms with Crippen LogP contribution in [-0.2, 0) is 0 Å². The van der Waals surface area contributed by atoms with Crippen LogP contribution in [0, 0.1) is 5.92 Å². The van der Waals surface area contributed by atoms with Gasteiger partial charge in [0.2, 0.25) is 0 Å². The number of hydrogen-bond donors (Lipinski definition) is 0. The van der Waals surface area contributed by atoms with Gasteiger partial charge in [-0.15, -0.1) is 0 Å². The van der Waals surface area contributed by atoms with Crippen molar-refractivity contribution in [1.29, 1.82) is 0 Å². The third-order valence-corrected chi connectivity index (χ3v) is 3.90. The van der Waals surface area contributed by atoms with Gasteiger partial charge in [0, 0.05) is 5.92 Å². The highest BCUT2D eigenvalue weighted by atomic mass is 14.2. The third-order valence-electron chi connectivity index (χ3n) is 3.90. The Labute approximate surface area is 117 Å². The fourth-order valence-electron chi connectivity index (χ4n) is 2.86. The summed E-state index contributed by atoms with van der Waals surface area (Å²) in [5.74, 6) is 1.21. The second-order valence-electron chi connectivity index (χ2n) is 5.42. The van der Waals surface area contributed by atoms with Crippen LogP contribution in [0.4, 0.5) is 0 Å². The number of rotatable bonds is 6. The topological polar surface area (TPSA) is 0 Å². The molecule has 0 amide bonds. The molecule has 0 spiro atoms. The summed E-state index contributed by atoms with van der Waals surface area (Å²) in [5, 5.41) is 0. The maximum Gasteiger partial charge on any atom is 0.0115 e. The second-order valence-corrected chi connectivity index (χ2v) is 5.42. The molecule has 2 rings (SSSR count). The van der Waals surface area contributed by atoms with E-state index in [1.54, 1.807) is 0 Å². The van der Waals surface area contributed by atoms with Gasteiger partial charge in [-0.3, -0.25) is 0 Å². The van der Waals surface area contributed by atoms with Gasteiger partial charge in [0.05, 0.1) is 0 Å². The lowest BCUT2D eigenvalue weighted by atomic mass is 9.79. The van der Waals surface area contributed by atoms with E-state index in [4.69, 9.17) is 0 Å². The van der Waals surface area contributed by atoms with Gasteiger partial charge in [-0.2, -0.15) is 0 Å². The molecule has 19 heavy (non-hydrogen) atoms. The van der Waals surface area contributed by atoms with Crippen molar-refractivity contribution < 1.29 is 0 Å². The summed E-state index contributed by atoms with van der Waals surface area (Å²) in [4.78, 5) is 0. The number of unbranched alkanes of at least 4 members (excludes halogenated alkanes) is 1. The Kier molecular flexibility index (Phi) is 5.20. The molecular formula is C19H24. The van der Waals surface area contributed by atoms with Gasteiger partial charge in [-0.25, -0.2) is 0 Å². The average Bonchev–Trinajstić information content (AvgIpc) is 2.47. The largest absolute Gasteiger partial charge is 0.0654 e. The van der Waals surface area contributed by atoms with E-state index in [-0.39, 0.29) is 0 Å². The van der Waals surface area contributed by atoms with Crippen LogP contribution < -0.4 is 0 Å². The Bertz CT molecular complexity index is 418. The minimum atomic E-state index is 0.522. The fraction of sp³-hybridized carbons (Fsp3) is 0.368. The van der Waals surface area contributed by atoms with Crippen molar-refractivity contribution in [2.45, 2.75) is 39.0 Å². The van der Waals surface area contributed by atoms with E-state index in [1.807, 2.05) is 0 Å². The lowest BCUT2D eigenvalue weighted by Crippen LogP contribution is -2.11. The van der Waals surface area contributed by atoms with Crippen LogP contribution in [0.15, 0.2) is 60.7 Å². The molecule has 0 aliphatic rings. The Morgan fingerprint density at radius 1 is 0.789 bits per heavy atom. The Balaban J connectivity index is 2.29. The van der Waals surface area contributed by atoms with Gasteiger partial charge in [0.15, 0.2) is 0 Å². The number of benzene rings is 2. The molecule has 0 bridgehead atoms. The zero-order valence-electron chi connectivity index (χ0n) is 12.0. The zero-order chi connectivity index (χ0) is 13.5. The predicted octanol–water partition coefficient (Wildman–Crippen LogP) is 5.64. The first-order chi connectivity index (χ1) is 9.33. The maximum absolute atomic E-state index is 2.39. The van der Waals surface area contributed by atoms with Gasteiger partial charge in [0.1, 0.15) is 0 Å². The van der Waals surface area contributed by atoms with Gasteiger partial charge < -0.3 is 0 Å². The van der Waals surface area contributed by atoms with Crippen molar-refractivity contribution in [2.75, 3.05) is 0 Å². The molecule has 100 valence electrons. The minimum Gasteiger partial charge on any atom is -0.0654 e. The highest BCUT2D eigenvalue weighted by Crippen LogP contribution is 2.34. The van der Waals surface area contributed by atoms with Gasteiger partial charge in [-0.1, -0.05) is 87.4 Å². The highest BCUT2D eigenvalue weighted by Gasteiger charge is 2.20. The summed E-state index contributed by atoms with van der Waals surface area (Å²) in [6.45, 7) is 4.66. The first-order valence-corrected chi connectivity index (χ1v) is 7.42. The van der Waals surface area contributed by atoms with Gasteiger partial charge in [0.25, 0.3) is 0 Å². The molecular weight excluding hydrogens is 228 g/mol. The Morgan fingerprint density at radius 2 is 1.26 bits per heavy atom. The van der Waals surface area contributed by atoms with Crippen molar-refractivity contribution in [1.82, 2.24) is 0 Å². The SMILES string of the molecule is CCCCC(C)C(c1ccccc1)c1ccccc1. The van der Waals surface area contributed by atoms with E-state index in [9.17, 15) is 0 Å². The van der Waals surface area contributed by atoms with E-state index in [0.29, 0.717) is 11.8 Å². The van der Waals surface area contributed by atoms with E-state index in [2.05, 4.69) is 74.5 Å². The minimum absolute atomic E-state index is 0.522. The lowest BCUT2D eigenvalue weighted by Gasteiger charge is -2.25. The quantitative estimate of drug-likeness (QED) is 0.623. The molecule has 0 saturated heterocycles. The summed E-state index contributed by atoms with van der Waals surface area (Å²) >= 11 is 0. The molecule has 0 heterocycles. The lowest BCUT2D eigenvalue weighted by molar-refractivity contribution is 0.455. The highest BCUT2D eigenvalue weighted by molar-refractivity contribution is 5.33. The summed E-state index contributed by atoms with van der Waals surface area (Å²) in [5.41, 5.74) is 2.88. The first kappa shape index (κ1) is 13.9. The molecule has 0 aromatic heterocycles. The van der Waals surface area contributed by atoms with Crippen LogP contribution in [0.25, 0.3) is 0 Å². The Hall–Kier alpha value is -1.56. The van der Waals surface area contributed by atoms with Crippen LogP contribution in [0.5, 0.6) is 0 Å². The normalized spacial score (nSPS) is 12.6. The molecule has 0 fully saturated rings. The van der Waals surface area contributed by atoms with Crippen LogP contribution >= 0.6 is 0 Å². The van der Waals surface area contributed by atoms with E-state index in [1.165, 1.54) is 30.4 Å². The monoisotopic (exact) mass is 252 g/mol. The number of hydrogen-bond acceptors (Lipinski definition) is 0. The van der Waals surface area contributed by atoms with E-state index < -0.39 is 0 Å². The summed E-state index contributed by atoms with van der Waals surface area (Å²) in [6, 6.07) is 21.9. The average molecular weight is 252 g/mol. The summed E-state index contributed by atoms with van der Waals surface area (Å²) in [6.07, 6.45) is 3.89. The van der Waals surface area contributed by atoms with Crippen molar-refractivity contribution in [3.05, 3.63) is 71.8 Å². The van der Waals surface area contributed by atoms with Crippen molar-refractivity contribution in [3.63, 3.8) is 0 Å². The van der Waals surface area contributed by atoms with Gasteiger partial charge >= 0.3 is 0 Å². The van der Waals surface area contributed by atoms with Crippen LogP contribution in [0.1, 0.15) is 50.2 Å². The van der Waals surface area contributed by atoms with Gasteiger partial charge in [-0.05, 0) is 23.5 Å². The second kappa shape index (κ2) is 7.13. The molecule has 2 aromatic carbocycles. The zero-order valence-corrected chi connectivity index (χ0v) is 12.0. The fourth-order valence-corrected chi connectivity index (χ4v) is 2.86.